The van der Waals surface area contributed by atoms with E-state index >= 15 is 0 Å². The lowest BCUT2D eigenvalue weighted by molar-refractivity contribution is 0.109. The minimum absolute atomic E-state index is 0.117. The molecule has 1 amide bonds. The molecule has 2 heterocycles. The quantitative estimate of drug-likeness (QED) is 0.309. The zero-order valence-electron chi connectivity index (χ0n) is 20.9. The summed E-state index contributed by atoms with van der Waals surface area (Å²) >= 11 is 0.647. The molecule has 2 aromatic heterocycles. The number of alkyl carbamates (subject to hydrolysis) is 1. The minimum Gasteiger partial charge on any atom is -0.611 e. The second-order valence-electron chi connectivity index (χ2n) is 9.98. The van der Waals surface area contributed by atoms with Crippen LogP contribution in [0.4, 0.5) is 16.3 Å². The summed E-state index contributed by atoms with van der Waals surface area (Å²) < 4.78 is 18.5. The lowest BCUT2D eigenvalue weighted by Crippen LogP contribution is -2.38. The van der Waals surface area contributed by atoms with Gasteiger partial charge in [0, 0.05) is 60.1 Å². The van der Waals surface area contributed by atoms with Crippen molar-refractivity contribution in [2.75, 3.05) is 5.32 Å². The normalized spacial score (nSPS) is 20.8. The number of carbonyl (C=O) groups excluding carboxylic acids is 1. The van der Waals surface area contributed by atoms with Crippen molar-refractivity contribution in [1.29, 1.82) is 0 Å². The van der Waals surface area contributed by atoms with Gasteiger partial charge in [0.25, 0.3) is 0 Å². The standard InChI is InChI=1S/C26H33N5O3S2/c1-15(2)34-26(32)29-18-6-4-17(5-7-18)25-27-14-22(35-25)21-11-8-19(28-24-12-16(3)30-31-24)13-23(21)36(33)20-9-10-20/h8,11-15,17-18,20H,4-7,9-10H2,1-3H3,(H,29,32)(H2,28,30,31)/t17-,18-,36?. The van der Waals surface area contributed by atoms with Crippen molar-refractivity contribution in [2.24, 2.45) is 0 Å². The SMILES string of the molecule is Cc1cc(Nc2ccc(-c3cnc([C@H]4CC[C@H](NC(=O)OC(C)C)CC4)s3)c([S+]([O-])C3CC3)c2)n[nH]1. The fraction of sp³-hybridized carbons (Fsp3) is 0.500. The minimum atomic E-state index is -1.05. The maximum Gasteiger partial charge on any atom is 0.407 e. The van der Waals surface area contributed by atoms with Gasteiger partial charge in [-0.15, -0.1) is 11.3 Å². The van der Waals surface area contributed by atoms with Gasteiger partial charge in [-0.2, -0.15) is 5.10 Å². The second kappa shape index (κ2) is 10.8. The molecule has 0 aliphatic heterocycles. The van der Waals surface area contributed by atoms with E-state index in [0.29, 0.717) is 5.92 Å². The summed E-state index contributed by atoms with van der Waals surface area (Å²) in [6.07, 6.45) is 7.29. The van der Waals surface area contributed by atoms with Crippen molar-refractivity contribution in [3.63, 3.8) is 0 Å². The molecule has 0 spiro atoms. The van der Waals surface area contributed by atoms with Gasteiger partial charge in [-0.1, -0.05) is 0 Å². The number of thiazole rings is 1. The van der Waals surface area contributed by atoms with Crippen molar-refractivity contribution in [2.45, 2.75) is 87.5 Å². The molecular formula is C26H33N5O3S2. The van der Waals surface area contributed by atoms with Crippen LogP contribution in [0.1, 0.15) is 69.0 Å². The van der Waals surface area contributed by atoms with E-state index in [1.54, 1.807) is 11.3 Å². The van der Waals surface area contributed by atoms with Gasteiger partial charge in [0.05, 0.1) is 16.0 Å². The topological polar surface area (TPSA) is 115 Å². The maximum atomic E-state index is 13.3. The highest BCUT2D eigenvalue weighted by Crippen LogP contribution is 2.43. The van der Waals surface area contributed by atoms with Crippen LogP contribution in [0.5, 0.6) is 0 Å². The van der Waals surface area contributed by atoms with Gasteiger partial charge in [0.15, 0.2) is 10.7 Å². The smallest absolute Gasteiger partial charge is 0.407 e. The lowest BCUT2D eigenvalue weighted by atomic mass is 9.86. The van der Waals surface area contributed by atoms with Crippen molar-refractivity contribution in [3.05, 3.63) is 41.2 Å². The first kappa shape index (κ1) is 25.1. The second-order valence-corrected chi connectivity index (χ2v) is 12.7. The third kappa shape index (κ3) is 6.04. The van der Waals surface area contributed by atoms with E-state index < -0.39 is 11.2 Å². The Hall–Kier alpha value is -2.56. The molecule has 192 valence electrons. The monoisotopic (exact) mass is 527 g/mol. The highest BCUT2D eigenvalue weighted by molar-refractivity contribution is 7.92. The first-order valence-electron chi connectivity index (χ1n) is 12.6. The van der Waals surface area contributed by atoms with Gasteiger partial charge in [-0.05, 0) is 69.8 Å². The largest absolute Gasteiger partial charge is 0.611 e. The Morgan fingerprint density at radius 1 is 1.19 bits per heavy atom. The van der Waals surface area contributed by atoms with Crippen LogP contribution in [-0.4, -0.2) is 43.2 Å². The Morgan fingerprint density at radius 3 is 2.64 bits per heavy atom. The highest BCUT2D eigenvalue weighted by atomic mass is 32.2. The summed E-state index contributed by atoms with van der Waals surface area (Å²) in [5, 5.41) is 14.9. The third-order valence-electron chi connectivity index (χ3n) is 6.53. The average molecular weight is 528 g/mol. The van der Waals surface area contributed by atoms with E-state index in [1.165, 1.54) is 0 Å². The Kier molecular flexibility index (Phi) is 7.55. The first-order valence-corrected chi connectivity index (χ1v) is 14.7. The van der Waals surface area contributed by atoms with E-state index in [-0.39, 0.29) is 23.5 Å². The molecule has 3 aromatic rings. The van der Waals surface area contributed by atoms with Gasteiger partial charge < -0.3 is 19.9 Å². The molecular weight excluding hydrogens is 494 g/mol. The van der Waals surface area contributed by atoms with E-state index in [2.05, 4.69) is 26.9 Å². The van der Waals surface area contributed by atoms with Gasteiger partial charge in [0.1, 0.15) is 5.25 Å². The summed E-state index contributed by atoms with van der Waals surface area (Å²) in [6, 6.07) is 8.16. The zero-order valence-corrected chi connectivity index (χ0v) is 22.5. The number of aromatic nitrogens is 3. The molecule has 1 unspecified atom stereocenters. The number of H-pyrrole nitrogens is 1. The molecule has 2 saturated carbocycles. The number of amides is 1. The van der Waals surface area contributed by atoms with Crippen molar-refractivity contribution in [3.8, 4) is 10.4 Å². The number of nitrogens with zero attached hydrogens (tertiary/aromatic N) is 2. The van der Waals surface area contributed by atoms with Crippen LogP contribution in [-0.2, 0) is 15.9 Å². The predicted octanol–water partition coefficient (Wildman–Crippen LogP) is 6.02. The van der Waals surface area contributed by atoms with Crippen LogP contribution in [0.3, 0.4) is 0 Å². The summed E-state index contributed by atoms with van der Waals surface area (Å²) in [7, 11) is 0. The molecule has 0 bridgehead atoms. The third-order valence-corrected chi connectivity index (χ3v) is 9.58. The summed E-state index contributed by atoms with van der Waals surface area (Å²) in [5.41, 5.74) is 2.86. The van der Waals surface area contributed by atoms with Crippen LogP contribution < -0.4 is 10.6 Å². The van der Waals surface area contributed by atoms with Crippen LogP contribution >= 0.6 is 11.3 Å². The number of aryl methyl sites for hydroxylation is 1. The predicted molar refractivity (Wildman–Crippen MR) is 143 cm³/mol. The fourth-order valence-corrected chi connectivity index (χ4v) is 7.31. The van der Waals surface area contributed by atoms with E-state index in [4.69, 9.17) is 9.72 Å². The Morgan fingerprint density at radius 2 is 1.97 bits per heavy atom. The van der Waals surface area contributed by atoms with E-state index in [9.17, 15) is 9.35 Å². The highest BCUT2D eigenvalue weighted by Gasteiger charge is 2.37. The maximum absolute atomic E-state index is 13.3. The summed E-state index contributed by atoms with van der Waals surface area (Å²) in [4.78, 5) is 18.6. The van der Waals surface area contributed by atoms with Crippen molar-refractivity contribution < 1.29 is 14.1 Å². The fourth-order valence-electron chi connectivity index (χ4n) is 4.56. The molecule has 0 saturated heterocycles. The summed E-state index contributed by atoms with van der Waals surface area (Å²) in [6.45, 7) is 5.67. The van der Waals surface area contributed by atoms with E-state index in [1.807, 2.05) is 45.2 Å². The Labute approximate surface area is 218 Å². The number of ether oxygens (including phenoxy) is 1. The Bertz CT molecular complexity index is 1200. The molecule has 2 aliphatic rings. The van der Waals surface area contributed by atoms with Gasteiger partial charge in [0.2, 0.25) is 0 Å². The van der Waals surface area contributed by atoms with Crippen LogP contribution in [0, 0.1) is 6.92 Å². The van der Waals surface area contributed by atoms with Crippen LogP contribution in [0.15, 0.2) is 35.4 Å². The number of anilines is 2. The average Bonchev–Trinajstić information content (AvgIpc) is 3.44. The number of hydrogen-bond donors (Lipinski definition) is 3. The molecule has 8 nitrogen and oxygen atoms in total. The number of nitrogens with one attached hydrogen (secondary N) is 3. The number of hydrogen-bond acceptors (Lipinski definition) is 7. The van der Waals surface area contributed by atoms with Crippen molar-refractivity contribution >= 4 is 40.1 Å². The molecule has 2 aliphatic carbocycles. The number of carbonyl (C=O) groups is 1. The number of aromatic amines is 1. The molecule has 10 heteroatoms. The van der Waals surface area contributed by atoms with E-state index in [0.717, 1.165) is 76.1 Å². The molecule has 36 heavy (non-hydrogen) atoms. The van der Waals surface area contributed by atoms with Crippen LogP contribution in [0.25, 0.3) is 10.4 Å². The molecule has 1 atom stereocenters. The first-order chi connectivity index (χ1) is 17.4. The molecule has 1 aromatic carbocycles. The lowest BCUT2D eigenvalue weighted by Gasteiger charge is -2.28. The summed E-state index contributed by atoms with van der Waals surface area (Å²) in [5.74, 6) is 1.12. The Balaban J connectivity index is 1.29. The molecule has 5 rings (SSSR count). The van der Waals surface area contributed by atoms with Crippen LogP contribution in [0.2, 0.25) is 0 Å². The van der Waals surface area contributed by atoms with Gasteiger partial charge in [-0.3, -0.25) is 5.10 Å². The zero-order chi connectivity index (χ0) is 25.2. The molecule has 3 N–H and O–H groups in total. The number of rotatable bonds is 8. The van der Waals surface area contributed by atoms with Gasteiger partial charge >= 0.3 is 6.09 Å². The van der Waals surface area contributed by atoms with Crippen molar-refractivity contribution in [1.82, 2.24) is 20.5 Å². The van der Waals surface area contributed by atoms with Gasteiger partial charge in [-0.25, -0.2) is 9.78 Å². The molecule has 2 fully saturated rings. The molecule has 0 radical (unpaired) electrons. The number of benzene rings is 1.